The van der Waals surface area contributed by atoms with Crippen LogP contribution in [0.25, 0.3) is 0 Å². The van der Waals surface area contributed by atoms with Crippen LogP contribution >= 0.6 is 0 Å². The molecule has 3 rings (SSSR count). The molecule has 1 atom stereocenters. The van der Waals surface area contributed by atoms with Crippen molar-refractivity contribution < 1.29 is 14.2 Å². The lowest BCUT2D eigenvalue weighted by molar-refractivity contribution is 0.205. The average Bonchev–Trinajstić information content (AvgIpc) is 2.53. The summed E-state index contributed by atoms with van der Waals surface area (Å²) in [5.41, 5.74) is 2.03. The number of ether oxygens (including phenoxy) is 3. The van der Waals surface area contributed by atoms with Crippen LogP contribution in [0.1, 0.15) is 11.7 Å². The van der Waals surface area contributed by atoms with Gasteiger partial charge < -0.3 is 19.5 Å². The van der Waals surface area contributed by atoms with Crippen LogP contribution in [-0.2, 0) is 0 Å². The van der Waals surface area contributed by atoms with Gasteiger partial charge >= 0.3 is 0 Å². The van der Waals surface area contributed by atoms with Gasteiger partial charge in [-0.25, -0.2) is 0 Å². The molecule has 0 fully saturated rings. The van der Waals surface area contributed by atoms with Gasteiger partial charge in [0, 0.05) is 11.6 Å². The molecule has 1 unspecified atom stereocenters. The van der Waals surface area contributed by atoms with E-state index in [9.17, 15) is 0 Å². The molecule has 0 radical (unpaired) electrons. The van der Waals surface area contributed by atoms with Crippen LogP contribution in [0, 0.1) is 0 Å². The smallest absolute Gasteiger partial charge is 0.145 e. The van der Waals surface area contributed by atoms with Gasteiger partial charge in [0.15, 0.2) is 0 Å². The lowest BCUT2D eigenvalue weighted by Crippen LogP contribution is -2.23. The summed E-state index contributed by atoms with van der Waals surface area (Å²) in [5, 5.41) is 3.38. The number of fused-ring (bicyclic) bond motifs is 1. The van der Waals surface area contributed by atoms with Gasteiger partial charge in [-0.3, -0.25) is 0 Å². The Kier molecular flexibility index (Phi) is 3.37. The van der Waals surface area contributed by atoms with Crippen LogP contribution in [0.2, 0.25) is 0 Å². The Hall–Kier alpha value is -2.36. The Morgan fingerprint density at radius 3 is 2.75 bits per heavy atom. The van der Waals surface area contributed by atoms with Gasteiger partial charge in [0.2, 0.25) is 0 Å². The largest absolute Gasteiger partial charge is 0.497 e. The van der Waals surface area contributed by atoms with E-state index in [4.69, 9.17) is 14.2 Å². The normalized spacial score (nSPS) is 16.6. The zero-order chi connectivity index (χ0) is 13.9. The van der Waals surface area contributed by atoms with Crippen molar-refractivity contribution in [1.29, 1.82) is 0 Å². The number of hydrogen-bond donors (Lipinski definition) is 1. The van der Waals surface area contributed by atoms with Crippen LogP contribution in [0.15, 0.2) is 42.5 Å². The fourth-order valence-electron chi connectivity index (χ4n) is 2.37. The fourth-order valence-corrected chi connectivity index (χ4v) is 2.37. The van der Waals surface area contributed by atoms with E-state index in [1.54, 1.807) is 14.2 Å². The number of hydrogen-bond acceptors (Lipinski definition) is 4. The number of rotatable bonds is 3. The first-order chi connectivity index (χ1) is 9.81. The van der Waals surface area contributed by atoms with Crippen LogP contribution in [0.4, 0.5) is 5.69 Å². The highest BCUT2D eigenvalue weighted by molar-refractivity contribution is 5.58. The predicted octanol–water partition coefficient (Wildman–Crippen LogP) is 3.25. The van der Waals surface area contributed by atoms with Crippen molar-refractivity contribution in [3.63, 3.8) is 0 Å². The van der Waals surface area contributed by atoms with Gasteiger partial charge in [0.25, 0.3) is 0 Å². The first-order valence-corrected chi connectivity index (χ1v) is 6.53. The third-order valence-corrected chi connectivity index (χ3v) is 3.42. The third-order valence-electron chi connectivity index (χ3n) is 3.42. The molecule has 2 aromatic carbocycles. The highest BCUT2D eigenvalue weighted by Crippen LogP contribution is 2.37. The molecule has 0 aromatic heterocycles. The molecule has 1 heterocycles. The molecular weight excluding hydrogens is 254 g/mol. The molecule has 104 valence electrons. The molecule has 0 saturated heterocycles. The van der Waals surface area contributed by atoms with E-state index >= 15 is 0 Å². The first-order valence-electron chi connectivity index (χ1n) is 6.53. The molecule has 4 nitrogen and oxygen atoms in total. The molecule has 1 aliphatic heterocycles. The fraction of sp³-hybridized carbons (Fsp3) is 0.250. The van der Waals surface area contributed by atoms with Gasteiger partial charge in [-0.1, -0.05) is 12.1 Å². The minimum Gasteiger partial charge on any atom is -0.497 e. The number of anilines is 1. The standard InChI is InChI=1S/C16H17NO3/c1-18-11-7-8-12(15(9-11)19-2)16-10-17-13-5-3-4-6-14(13)20-16/h3-9,16-17H,10H2,1-2H3. The lowest BCUT2D eigenvalue weighted by Gasteiger charge is -2.28. The van der Waals surface area contributed by atoms with Crippen LogP contribution in [-0.4, -0.2) is 20.8 Å². The molecule has 4 heteroatoms. The van der Waals surface area contributed by atoms with E-state index in [2.05, 4.69) is 5.32 Å². The Balaban J connectivity index is 1.91. The highest BCUT2D eigenvalue weighted by atomic mass is 16.5. The van der Waals surface area contributed by atoms with Gasteiger partial charge in [-0.05, 0) is 24.3 Å². The maximum atomic E-state index is 6.05. The molecule has 0 aliphatic carbocycles. The van der Waals surface area contributed by atoms with E-state index in [1.807, 2.05) is 42.5 Å². The minimum atomic E-state index is -0.0780. The zero-order valence-corrected chi connectivity index (χ0v) is 11.6. The van der Waals surface area contributed by atoms with Crippen molar-refractivity contribution in [2.75, 3.05) is 26.1 Å². The minimum absolute atomic E-state index is 0.0780. The van der Waals surface area contributed by atoms with Gasteiger partial charge in [-0.2, -0.15) is 0 Å². The average molecular weight is 271 g/mol. The second-order valence-electron chi connectivity index (χ2n) is 4.59. The summed E-state index contributed by atoms with van der Waals surface area (Å²) >= 11 is 0. The Morgan fingerprint density at radius 2 is 1.95 bits per heavy atom. The van der Waals surface area contributed by atoms with Crippen molar-refractivity contribution in [2.24, 2.45) is 0 Å². The summed E-state index contributed by atoms with van der Waals surface area (Å²) in [5.74, 6) is 2.41. The number of benzene rings is 2. The molecule has 0 spiro atoms. The second-order valence-corrected chi connectivity index (χ2v) is 4.59. The third kappa shape index (κ3) is 2.25. The van der Waals surface area contributed by atoms with Gasteiger partial charge in [0.05, 0.1) is 26.5 Å². The summed E-state index contributed by atoms with van der Waals surface area (Å²) in [4.78, 5) is 0. The maximum absolute atomic E-state index is 6.05. The van der Waals surface area contributed by atoms with Crippen LogP contribution in [0.5, 0.6) is 17.2 Å². The number of methoxy groups -OCH3 is 2. The molecule has 2 aromatic rings. The van der Waals surface area contributed by atoms with E-state index in [1.165, 1.54) is 0 Å². The van der Waals surface area contributed by atoms with Crippen molar-refractivity contribution in [2.45, 2.75) is 6.10 Å². The SMILES string of the molecule is COc1ccc(C2CNc3ccccc3O2)c(OC)c1. The van der Waals surface area contributed by atoms with Crippen LogP contribution < -0.4 is 19.5 Å². The molecular formula is C16H17NO3. The zero-order valence-electron chi connectivity index (χ0n) is 11.6. The van der Waals surface area contributed by atoms with Gasteiger partial charge in [-0.15, -0.1) is 0 Å². The van der Waals surface area contributed by atoms with E-state index < -0.39 is 0 Å². The maximum Gasteiger partial charge on any atom is 0.145 e. The summed E-state index contributed by atoms with van der Waals surface area (Å²) in [6, 6.07) is 13.7. The van der Waals surface area contributed by atoms with E-state index in [0.717, 1.165) is 28.5 Å². The Bertz CT molecular complexity index is 612. The first kappa shape index (κ1) is 12.7. The van der Waals surface area contributed by atoms with Gasteiger partial charge in [0.1, 0.15) is 23.4 Å². The monoisotopic (exact) mass is 271 g/mol. The van der Waals surface area contributed by atoms with Crippen molar-refractivity contribution >= 4 is 5.69 Å². The molecule has 20 heavy (non-hydrogen) atoms. The molecule has 0 saturated carbocycles. The predicted molar refractivity (Wildman–Crippen MR) is 77.8 cm³/mol. The summed E-state index contributed by atoms with van der Waals surface area (Å²) in [6.45, 7) is 0.708. The quantitative estimate of drug-likeness (QED) is 0.930. The van der Waals surface area contributed by atoms with E-state index in [-0.39, 0.29) is 6.10 Å². The summed E-state index contributed by atoms with van der Waals surface area (Å²) < 4.78 is 16.7. The number of nitrogens with one attached hydrogen (secondary N) is 1. The molecule has 1 aliphatic rings. The van der Waals surface area contributed by atoms with E-state index in [0.29, 0.717) is 6.54 Å². The van der Waals surface area contributed by atoms with Crippen molar-refractivity contribution in [1.82, 2.24) is 0 Å². The van der Waals surface area contributed by atoms with Crippen LogP contribution in [0.3, 0.4) is 0 Å². The lowest BCUT2D eigenvalue weighted by atomic mass is 10.1. The highest BCUT2D eigenvalue weighted by Gasteiger charge is 2.23. The molecule has 1 N–H and O–H groups in total. The summed E-state index contributed by atoms with van der Waals surface area (Å²) in [6.07, 6.45) is -0.0780. The molecule has 0 bridgehead atoms. The number of para-hydroxylation sites is 2. The molecule has 0 amide bonds. The Labute approximate surface area is 118 Å². The topological polar surface area (TPSA) is 39.7 Å². The second kappa shape index (κ2) is 5.33. The Morgan fingerprint density at radius 1 is 1.10 bits per heavy atom. The van der Waals surface area contributed by atoms with Crippen molar-refractivity contribution in [3.05, 3.63) is 48.0 Å². The summed E-state index contributed by atoms with van der Waals surface area (Å²) in [7, 11) is 3.30. The van der Waals surface area contributed by atoms with Crippen molar-refractivity contribution in [3.8, 4) is 17.2 Å².